The van der Waals surface area contributed by atoms with Crippen LogP contribution >= 0.6 is 11.3 Å². The Morgan fingerprint density at radius 2 is 1.92 bits per heavy atom. The molecule has 1 heterocycles. The average molecular weight is 341 g/mol. The second-order valence-electron chi connectivity index (χ2n) is 5.26. The summed E-state index contributed by atoms with van der Waals surface area (Å²) < 4.78 is 18.7. The van der Waals surface area contributed by atoms with Crippen molar-refractivity contribution in [3.05, 3.63) is 87.9 Å². The zero-order valence-corrected chi connectivity index (χ0v) is 13.7. The molecule has 1 amide bonds. The van der Waals surface area contributed by atoms with Crippen molar-refractivity contribution in [2.24, 2.45) is 0 Å². The van der Waals surface area contributed by atoms with Gasteiger partial charge in [-0.25, -0.2) is 4.39 Å². The second-order valence-corrected chi connectivity index (χ2v) is 6.04. The molecule has 3 aromatic rings. The molecule has 0 fully saturated rings. The van der Waals surface area contributed by atoms with Gasteiger partial charge in [-0.3, -0.25) is 4.79 Å². The average Bonchev–Trinajstić information content (AvgIpc) is 3.13. The van der Waals surface area contributed by atoms with Crippen LogP contribution in [-0.4, -0.2) is 5.91 Å². The summed E-state index contributed by atoms with van der Waals surface area (Å²) in [7, 11) is 0. The molecule has 1 N–H and O–H groups in total. The van der Waals surface area contributed by atoms with Gasteiger partial charge in [-0.15, -0.1) is 0 Å². The van der Waals surface area contributed by atoms with Gasteiger partial charge in [0.2, 0.25) is 0 Å². The number of carbonyl (C=O) groups excluding carboxylic acids is 1. The number of amides is 1. The monoisotopic (exact) mass is 341 g/mol. The highest BCUT2D eigenvalue weighted by Crippen LogP contribution is 2.15. The quantitative estimate of drug-likeness (QED) is 0.722. The summed E-state index contributed by atoms with van der Waals surface area (Å²) in [4.78, 5) is 11.9. The predicted molar refractivity (Wildman–Crippen MR) is 92.7 cm³/mol. The van der Waals surface area contributed by atoms with Crippen LogP contribution in [0.5, 0.6) is 5.75 Å². The van der Waals surface area contributed by atoms with E-state index in [2.05, 4.69) is 5.32 Å². The van der Waals surface area contributed by atoms with Gasteiger partial charge in [-0.05, 0) is 46.8 Å². The van der Waals surface area contributed by atoms with Crippen LogP contribution < -0.4 is 10.1 Å². The largest absolute Gasteiger partial charge is 0.489 e. The summed E-state index contributed by atoms with van der Waals surface area (Å²) in [6.07, 6.45) is 0. The molecule has 3 nitrogen and oxygen atoms in total. The summed E-state index contributed by atoms with van der Waals surface area (Å²) in [5.74, 6) is 0.350. The van der Waals surface area contributed by atoms with Gasteiger partial charge in [0.25, 0.3) is 5.91 Å². The molecule has 0 radical (unpaired) electrons. The third-order valence-electron chi connectivity index (χ3n) is 3.45. The minimum atomic E-state index is -0.271. The van der Waals surface area contributed by atoms with Crippen molar-refractivity contribution in [1.82, 2.24) is 5.32 Å². The van der Waals surface area contributed by atoms with Gasteiger partial charge in [0.15, 0.2) is 0 Å². The van der Waals surface area contributed by atoms with Crippen LogP contribution in [0.3, 0.4) is 0 Å². The summed E-state index contributed by atoms with van der Waals surface area (Å²) in [5, 5.41) is 6.56. The van der Waals surface area contributed by atoms with Crippen LogP contribution in [0.2, 0.25) is 0 Å². The minimum Gasteiger partial charge on any atom is -0.489 e. The van der Waals surface area contributed by atoms with Gasteiger partial charge in [-0.2, -0.15) is 11.3 Å². The smallest absolute Gasteiger partial charge is 0.252 e. The Kier molecular flexibility index (Phi) is 5.23. The number of carbonyl (C=O) groups is 1. The first-order valence-electron chi connectivity index (χ1n) is 7.47. The molecular formula is C19H16FNO2S. The van der Waals surface area contributed by atoms with Crippen molar-refractivity contribution >= 4 is 17.2 Å². The standard InChI is InChI=1S/C19H16FNO2S/c20-17-3-1-2-15(10-17)12-23-18-6-4-14(5-7-18)11-21-19(22)16-8-9-24-13-16/h1-10,13H,11-12H2,(H,21,22). The van der Waals surface area contributed by atoms with E-state index in [-0.39, 0.29) is 11.7 Å². The van der Waals surface area contributed by atoms with E-state index in [1.807, 2.05) is 41.1 Å². The molecule has 0 aliphatic heterocycles. The fraction of sp³-hybridized carbons (Fsp3) is 0.105. The fourth-order valence-corrected chi connectivity index (χ4v) is 2.81. The number of thiophene rings is 1. The lowest BCUT2D eigenvalue weighted by atomic mass is 10.2. The maximum Gasteiger partial charge on any atom is 0.252 e. The van der Waals surface area contributed by atoms with Crippen molar-refractivity contribution in [3.63, 3.8) is 0 Å². The highest BCUT2D eigenvalue weighted by molar-refractivity contribution is 7.08. The molecule has 0 aliphatic rings. The molecule has 0 spiro atoms. The number of nitrogens with one attached hydrogen (secondary N) is 1. The zero-order chi connectivity index (χ0) is 16.8. The molecule has 0 bridgehead atoms. The number of benzene rings is 2. The predicted octanol–water partition coefficient (Wildman–Crippen LogP) is 4.40. The zero-order valence-electron chi connectivity index (χ0n) is 12.9. The first-order valence-corrected chi connectivity index (χ1v) is 8.41. The maximum atomic E-state index is 13.1. The highest BCUT2D eigenvalue weighted by Gasteiger charge is 2.05. The molecular weight excluding hydrogens is 325 g/mol. The number of hydrogen-bond donors (Lipinski definition) is 1. The van der Waals surface area contributed by atoms with E-state index in [0.717, 1.165) is 11.1 Å². The van der Waals surface area contributed by atoms with Crippen molar-refractivity contribution in [2.45, 2.75) is 13.2 Å². The first kappa shape index (κ1) is 16.2. The fourth-order valence-electron chi connectivity index (χ4n) is 2.18. The van der Waals surface area contributed by atoms with E-state index >= 15 is 0 Å². The van der Waals surface area contributed by atoms with E-state index in [4.69, 9.17) is 4.74 Å². The van der Waals surface area contributed by atoms with Gasteiger partial charge in [0.1, 0.15) is 18.2 Å². The number of rotatable bonds is 6. The molecule has 0 atom stereocenters. The van der Waals surface area contributed by atoms with Crippen LogP contribution in [0.4, 0.5) is 4.39 Å². The van der Waals surface area contributed by atoms with Gasteiger partial charge in [0, 0.05) is 17.5 Å². The third-order valence-corrected chi connectivity index (χ3v) is 4.14. The molecule has 2 aromatic carbocycles. The lowest BCUT2D eigenvalue weighted by molar-refractivity contribution is 0.0951. The number of halogens is 1. The Bertz CT molecular complexity index is 800. The summed E-state index contributed by atoms with van der Waals surface area (Å²) in [5.41, 5.74) is 2.44. The van der Waals surface area contributed by atoms with Crippen LogP contribution in [0, 0.1) is 5.82 Å². The van der Waals surface area contributed by atoms with Crippen molar-refractivity contribution in [1.29, 1.82) is 0 Å². The molecule has 0 aliphatic carbocycles. The Morgan fingerprint density at radius 3 is 2.62 bits per heavy atom. The van der Waals surface area contributed by atoms with Crippen LogP contribution in [0.1, 0.15) is 21.5 Å². The number of hydrogen-bond acceptors (Lipinski definition) is 3. The molecule has 122 valence electrons. The Labute approximate surface area is 143 Å². The topological polar surface area (TPSA) is 38.3 Å². The van der Waals surface area contributed by atoms with E-state index in [1.165, 1.54) is 23.5 Å². The third kappa shape index (κ3) is 4.43. The summed E-state index contributed by atoms with van der Waals surface area (Å²) >= 11 is 1.50. The van der Waals surface area contributed by atoms with Crippen LogP contribution in [0.15, 0.2) is 65.4 Å². The lowest BCUT2D eigenvalue weighted by Crippen LogP contribution is -2.22. The van der Waals surface area contributed by atoms with Gasteiger partial charge in [0.05, 0.1) is 0 Å². The Morgan fingerprint density at radius 1 is 1.08 bits per heavy atom. The minimum absolute atomic E-state index is 0.0809. The molecule has 5 heteroatoms. The molecule has 24 heavy (non-hydrogen) atoms. The highest BCUT2D eigenvalue weighted by atomic mass is 32.1. The molecule has 0 saturated heterocycles. The van der Waals surface area contributed by atoms with E-state index in [0.29, 0.717) is 24.5 Å². The van der Waals surface area contributed by atoms with Crippen LogP contribution in [0.25, 0.3) is 0 Å². The Hall–Kier alpha value is -2.66. The Balaban J connectivity index is 1.51. The van der Waals surface area contributed by atoms with Crippen molar-refractivity contribution in [2.75, 3.05) is 0 Å². The van der Waals surface area contributed by atoms with Gasteiger partial charge in [-0.1, -0.05) is 24.3 Å². The normalized spacial score (nSPS) is 10.4. The van der Waals surface area contributed by atoms with Crippen LogP contribution in [-0.2, 0) is 13.2 Å². The van der Waals surface area contributed by atoms with Crippen molar-refractivity contribution in [3.8, 4) is 5.75 Å². The maximum absolute atomic E-state index is 13.1. The molecule has 0 unspecified atom stereocenters. The molecule has 0 saturated carbocycles. The van der Waals surface area contributed by atoms with Gasteiger partial charge < -0.3 is 10.1 Å². The van der Waals surface area contributed by atoms with Gasteiger partial charge >= 0.3 is 0 Å². The second kappa shape index (κ2) is 7.75. The van der Waals surface area contributed by atoms with E-state index in [1.54, 1.807) is 12.1 Å². The van der Waals surface area contributed by atoms with E-state index in [9.17, 15) is 9.18 Å². The SMILES string of the molecule is O=C(NCc1ccc(OCc2cccc(F)c2)cc1)c1ccsc1. The summed E-state index contributed by atoms with van der Waals surface area (Å²) in [6.45, 7) is 0.769. The number of ether oxygens (including phenoxy) is 1. The molecule has 3 rings (SSSR count). The summed E-state index contributed by atoms with van der Waals surface area (Å²) in [6, 6.07) is 15.6. The van der Waals surface area contributed by atoms with Crippen molar-refractivity contribution < 1.29 is 13.9 Å². The van der Waals surface area contributed by atoms with E-state index < -0.39 is 0 Å². The lowest BCUT2D eigenvalue weighted by Gasteiger charge is -2.08. The first-order chi connectivity index (χ1) is 11.7. The molecule has 1 aromatic heterocycles.